The van der Waals surface area contributed by atoms with Gasteiger partial charge in [0.05, 0.1) is 17.5 Å². The Hall–Kier alpha value is -1.33. The number of benzene rings is 1. The van der Waals surface area contributed by atoms with Gasteiger partial charge in [0.25, 0.3) is 0 Å². The first-order valence-corrected chi connectivity index (χ1v) is 5.72. The maximum Gasteiger partial charge on any atom is 0.0712 e. The SMILES string of the molecule is CCc1ccc(C(NC)C(C)(C)C#N)cc1. The molecular formula is C14H20N2. The molecule has 16 heavy (non-hydrogen) atoms. The molecule has 0 bridgehead atoms. The van der Waals surface area contributed by atoms with E-state index in [0.29, 0.717) is 0 Å². The molecular weight excluding hydrogens is 196 g/mol. The zero-order chi connectivity index (χ0) is 12.2. The molecule has 0 aliphatic heterocycles. The Bertz CT molecular complexity index is 371. The van der Waals surface area contributed by atoms with Crippen molar-refractivity contribution in [3.8, 4) is 6.07 Å². The Labute approximate surface area is 98.3 Å². The fourth-order valence-corrected chi connectivity index (χ4v) is 1.95. The molecule has 1 N–H and O–H groups in total. The van der Waals surface area contributed by atoms with E-state index >= 15 is 0 Å². The van der Waals surface area contributed by atoms with Crippen LogP contribution in [0.25, 0.3) is 0 Å². The third-order valence-corrected chi connectivity index (χ3v) is 3.02. The third kappa shape index (κ3) is 2.62. The van der Waals surface area contributed by atoms with Crippen molar-refractivity contribution in [3.63, 3.8) is 0 Å². The fraction of sp³-hybridized carbons (Fsp3) is 0.500. The zero-order valence-corrected chi connectivity index (χ0v) is 10.5. The summed E-state index contributed by atoms with van der Waals surface area (Å²) in [5, 5.41) is 12.4. The third-order valence-electron chi connectivity index (χ3n) is 3.02. The van der Waals surface area contributed by atoms with Crippen molar-refractivity contribution in [2.24, 2.45) is 5.41 Å². The highest BCUT2D eigenvalue weighted by molar-refractivity contribution is 5.27. The van der Waals surface area contributed by atoms with E-state index in [4.69, 9.17) is 5.26 Å². The first-order chi connectivity index (χ1) is 7.55. The summed E-state index contributed by atoms with van der Waals surface area (Å²) in [5.74, 6) is 0. The normalized spacial score (nSPS) is 13.2. The molecule has 0 heterocycles. The van der Waals surface area contributed by atoms with Crippen LogP contribution in [0.1, 0.15) is 37.9 Å². The summed E-state index contributed by atoms with van der Waals surface area (Å²) in [6.45, 7) is 6.06. The molecule has 1 atom stereocenters. The molecule has 0 fully saturated rings. The molecule has 0 saturated carbocycles. The minimum absolute atomic E-state index is 0.0726. The van der Waals surface area contributed by atoms with Gasteiger partial charge in [-0.05, 0) is 38.4 Å². The molecule has 0 amide bonds. The van der Waals surface area contributed by atoms with Crippen molar-refractivity contribution >= 4 is 0 Å². The Balaban J connectivity index is 3.01. The summed E-state index contributed by atoms with van der Waals surface area (Å²) in [4.78, 5) is 0. The van der Waals surface area contributed by atoms with Crippen molar-refractivity contribution < 1.29 is 0 Å². The molecule has 0 saturated heterocycles. The van der Waals surface area contributed by atoms with E-state index in [1.807, 2.05) is 20.9 Å². The van der Waals surface area contributed by atoms with E-state index in [9.17, 15) is 0 Å². The van der Waals surface area contributed by atoms with Crippen LogP contribution in [-0.2, 0) is 6.42 Å². The molecule has 1 unspecified atom stereocenters. The van der Waals surface area contributed by atoms with E-state index in [-0.39, 0.29) is 6.04 Å². The quantitative estimate of drug-likeness (QED) is 0.839. The smallest absolute Gasteiger partial charge is 0.0712 e. The number of hydrogen-bond donors (Lipinski definition) is 1. The van der Waals surface area contributed by atoms with Gasteiger partial charge in [0, 0.05) is 0 Å². The molecule has 2 heteroatoms. The fourth-order valence-electron chi connectivity index (χ4n) is 1.95. The van der Waals surface area contributed by atoms with Gasteiger partial charge < -0.3 is 5.32 Å². The molecule has 1 rings (SSSR count). The molecule has 0 radical (unpaired) electrons. The van der Waals surface area contributed by atoms with Gasteiger partial charge in [0.2, 0.25) is 0 Å². The molecule has 1 aromatic carbocycles. The van der Waals surface area contributed by atoms with Crippen LogP contribution in [0.15, 0.2) is 24.3 Å². The van der Waals surface area contributed by atoms with Crippen LogP contribution in [0.5, 0.6) is 0 Å². The van der Waals surface area contributed by atoms with Crippen molar-refractivity contribution in [1.82, 2.24) is 5.32 Å². The number of aryl methyl sites for hydroxylation is 1. The van der Waals surface area contributed by atoms with Crippen LogP contribution >= 0.6 is 0 Å². The zero-order valence-electron chi connectivity index (χ0n) is 10.5. The lowest BCUT2D eigenvalue weighted by Crippen LogP contribution is -2.30. The van der Waals surface area contributed by atoms with Gasteiger partial charge in [0.1, 0.15) is 0 Å². The Morgan fingerprint density at radius 2 is 1.88 bits per heavy atom. The van der Waals surface area contributed by atoms with Gasteiger partial charge in [-0.3, -0.25) is 0 Å². The van der Waals surface area contributed by atoms with Crippen LogP contribution in [0.4, 0.5) is 0 Å². The summed E-state index contributed by atoms with van der Waals surface area (Å²) < 4.78 is 0. The van der Waals surface area contributed by atoms with Crippen LogP contribution in [0.2, 0.25) is 0 Å². The molecule has 0 spiro atoms. The first-order valence-electron chi connectivity index (χ1n) is 5.72. The molecule has 2 nitrogen and oxygen atoms in total. The Kier molecular flexibility index (Phi) is 4.09. The predicted octanol–water partition coefficient (Wildman–Crippen LogP) is 3.06. The van der Waals surface area contributed by atoms with Crippen LogP contribution in [-0.4, -0.2) is 7.05 Å². The Morgan fingerprint density at radius 1 is 1.31 bits per heavy atom. The van der Waals surface area contributed by atoms with Crippen molar-refractivity contribution in [2.75, 3.05) is 7.05 Å². The standard InChI is InChI=1S/C14H20N2/c1-5-11-6-8-12(9-7-11)13(16-4)14(2,3)10-15/h6-9,13,16H,5H2,1-4H3. The predicted molar refractivity (Wildman–Crippen MR) is 67.0 cm³/mol. The van der Waals surface area contributed by atoms with Crippen LogP contribution in [0, 0.1) is 16.7 Å². The second kappa shape index (κ2) is 5.14. The summed E-state index contributed by atoms with van der Waals surface area (Å²) >= 11 is 0. The lowest BCUT2D eigenvalue weighted by Gasteiger charge is -2.28. The number of hydrogen-bond acceptors (Lipinski definition) is 2. The molecule has 0 aliphatic rings. The maximum atomic E-state index is 9.17. The van der Waals surface area contributed by atoms with Crippen molar-refractivity contribution in [1.29, 1.82) is 5.26 Å². The number of nitrogens with zero attached hydrogens (tertiary/aromatic N) is 1. The van der Waals surface area contributed by atoms with Crippen LogP contribution in [0.3, 0.4) is 0 Å². The highest BCUT2D eigenvalue weighted by Gasteiger charge is 2.29. The van der Waals surface area contributed by atoms with E-state index in [2.05, 4.69) is 42.6 Å². The molecule has 1 aromatic rings. The summed E-state index contributed by atoms with van der Waals surface area (Å²) in [7, 11) is 1.90. The lowest BCUT2D eigenvalue weighted by atomic mass is 9.81. The van der Waals surface area contributed by atoms with Crippen molar-refractivity contribution in [2.45, 2.75) is 33.2 Å². The van der Waals surface area contributed by atoms with E-state index in [0.717, 1.165) is 6.42 Å². The van der Waals surface area contributed by atoms with E-state index in [1.165, 1.54) is 11.1 Å². The lowest BCUT2D eigenvalue weighted by molar-refractivity contribution is 0.344. The summed E-state index contributed by atoms with van der Waals surface area (Å²) in [5.41, 5.74) is 2.10. The number of nitriles is 1. The van der Waals surface area contributed by atoms with E-state index < -0.39 is 5.41 Å². The minimum atomic E-state index is -0.400. The monoisotopic (exact) mass is 216 g/mol. The van der Waals surface area contributed by atoms with Crippen LogP contribution < -0.4 is 5.32 Å². The minimum Gasteiger partial charge on any atom is -0.312 e. The Morgan fingerprint density at radius 3 is 2.25 bits per heavy atom. The van der Waals surface area contributed by atoms with Gasteiger partial charge in [-0.15, -0.1) is 0 Å². The average molecular weight is 216 g/mol. The average Bonchev–Trinajstić information content (AvgIpc) is 2.30. The van der Waals surface area contributed by atoms with Gasteiger partial charge in [0.15, 0.2) is 0 Å². The van der Waals surface area contributed by atoms with Gasteiger partial charge in [-0.2, -0.15) is 5.26 Å². The topological polar surface area (TPSA) is 35.8 Å². The highest BCUT2D eigenvalue weighted by atomic mass is 14.9. The van der Waals surface area contributed by atoms with Gasteiger partial charge in [-0.1, -0.05) is 31.2 Å². The van der Waals surface area contributed by atoms with Gasteiger partial charge >= 0.3 is 0 Å². The second-order valence-corrected chi connectivity index (χ2v) is 4.65. The molecule has 0 aliphatic carbocycles. The molecule has 0 aromatic heterocycles. The second-order valence-electron chi connectivity index (χ2n) is 4.65. The maximum absolute atomic E-state index is 9.17. The molecule has 86 valence electrons. The largest absolute Gasteiger partial charge is 0.312 e. The first kappa shape index (κ1) is 12.7. The van der Waals surface area contributed by atoms with E-state index in [1.54, 1.807) is 0 Å². The van der Waals surface area contributed by atoms with Crippen molar-refractivity contribution in [3.05, 3.63) is 35.4 Å². The summed E-state index contributed by atoms with van der Waals surface area (Å²) in [6.07, 6.45) is 1.05. The van der Waals surface area contributed by atoms with Gasteiger partial charge in [-0.25, -0.2) is 0 Å². The summed E-state index contributed by atoms with van der Waals surface area (Å²) in [6, 6.07) is 10.9. The number of rotatable bonds is 4. The number of nitrogens with one attached hydrogen (secondary N) is 1. The highest BCUT2D eigenvalue weighted by Crippen LogP contribution is 2.32.